The molecule has 0 aromatic heterocycles. The van der Waals surface area contributed by atoms with E-state index in [0.29, 0.717) is 37.3 Å². The van der Waals surface area contributed by atoms with Crippen LogP contribution in [0.5, 0.6) is 0 Å². The molecule has 2 rings (SSSR count). The van der Waals surface area contributed by atoms with Gasteiger partial charge in [0.1, 0.15) is 6.61 Å². The molecule has 2 N–H and O–H groups in total. The Hall–Kier alpha value is -2.34. The second kappa shape index (κ2) is 7.09. The minimum Gasteiger partial charge on any atom is -0.481 e. The zero-order valence-electron chi connectivity index (χ0n) is 12.2. The highest BCUT2D eigenvalue weighted by atomic mass is 16.5. The normalized spacial score (nSPS) is 16.5. The molecule has 0 aliphatic carbocycles. The van der Waals surface area contributed by atoms with E-state index in [-0.39, 0.29) is 6.61 Å². The SMILES string of the molecule is C=CCOC(=O)Nc1ccc(C2(C(=O)O)CCOCC2)cc1. The summed E-state index contributed by atoms with van der Waals surface area (Å²) in [5.74, 6) is -0.845. The summed E-state index contributed by atoms with van der Waals surface area (Å²) in [5, 5.41) is 12.2. The molecule has 0 saturated carbocycles. The van der Waals surface area contributed by atoms with Crippen molar-refractivity contribution in [2.24, 2.45) is 0 Å². The molecular formula is C16H19NO5. The van der Waals surface area contributed by atoms with Crippen molar-refractivity contribution >= 4 is 17.7 Å². The van der Waals surface area contributed by atoms with E-state index in [1.807, 2.05) is 0 Å². The van der Waals surface area contributed by atoms with Crippen LogP contribution in [0.1, 0.15) is 18.4 Å². The molecule has 1 amide bonds. The number of carboxylic acid groups (broad SMARTS) is 1. The molecule has 0 bridgehead atoms. The number of hydrogen-bond acceptors (Lipinski definition) is 4. The van der Waals surface area contributed by atoms with Gasteiger partial charge >= 0.3 is 12.1 Å². The van der Waals surface area contributed by atoms with Crippen molar-refractivity contribution in [3.05, 3.63) is 42.5 Å². The van der Waals surface area contributed by atoms with Gasteiger partial charge in [-0.2, -0.15) is 0 Å². The van der Waals surface area contributed by atoms with E-state index in [1.165, 1.54) is 6.08 Å². The molecule has 0 spiro atoms. The quantitative estimate of drug-likeness (QED) is 0.817. The number of benzene rings is 1. The van der Waals surface area contributed by atoms with Gasteiger partial charge in [0.05, 0.1) is 5.41 Å². The minimum absolute atomic E-state index is 0.131. The molecule has 1 heterocycles. The topological polar surface area (TPSA) is 84.9 Å². The maximum Gasteiger partial charge on any atom is 0.411 e. The maximum absolute atomic E-state index is 11.7. The Morgan fingerprint density at radius 2 is 1.95 bits per heavy atom. The molecule has 1 aromatic carbocycles. The van der Waals surface area contributed by atoms with E-state index in [4.69, 9.17) is 9.47 Å². The van der Waals surface area contributed by atoms with Crippen LogP contribution in [0.3, 0.4) is 0 Å². The van der Waals surface area contributed by atoms with Crippen LogP contribution >= 0.6 is 0 Å². The first-order valence-electron chi connectivity index (χ1n) is 7.05. The smallest absolute Gasteiger partial charge is 0.411 e. The summed E-state index contributed by atoms with van der Waals surface area (Å²) in [6, 6.07) is 6.79. The second-order valence-electron chi connectivity index (χ2n) is 5.09. The summed E-state index contributed by atoms with van der Waals surface area (Å²) in [4.78, 5) is 23.1. The number of rotatable bonds is 5. The van der Waals surface area contributed by atoms with Gasteiger partial charge in [0.15, 0.2) is 0 Å². The highest BCUT2D eigenvalue weighted by molar-refractivity contribution is 5.85. The third-order valence-electron chi connectivity index (χ3n) is 3.77. The number of carbonyl (C=O) groups excluding carboxylic acids is 1. The molecule has 0 atom stereocenters. The van der Waals surface area contributed by atoms with Gasteiger partial charge in [-0.05, 0) is 30.5 Å². The third-order valence-corrected chi connectivity index (χ3v) is 3.77. The first-order chi connectivity index (χ1) is 10.6. The molecule has 118 valence electrons. The van der Waals surface area contributed by atoms with Crippen LogP contribution in [-0.4, -0.2) is 37.0 Å². The lowest BCUT2D eigenvalue weighted by Gasteiger charge is -2.33. The molecule has 1 saturated heterocycles. The molecule has 22 heavy (non-hydrogen) atoms. The Morgan fingerprint density at radius 3 is 2.50 bits per heavy atom. The first-order valence-corrected chi connectivity index (χ1v) is 7.05. The van der Waals surface area contributed by atoms with E-state index in [2.05, 4.69) is 11.9 Å². The van der Waals surface area contributed by atoms with Crippen molar-refractivity contribution < 1.29 is 24.2 Å². The lowest BCUT2D eigenvalue weighted by atomic mass is 9.74. The van der Waals surface area contributed by atoms with Crippen LogP contribution in [0.15, 0.2) is 36.9 Å². The summed E-state index contributed by atoms with van der Waals surface area (Å²) >= 11 is 0. The van der Waals surface area contributed by atoms with Crippen LogP contribution in [0.4, 0.5) is 10.5 Å². The second-order valence-corrected chi connectivity index (χ2v) is 5.09. The van der Waals surface area contributed by atoms with Gasteiger partial charge in [-0.15, -0.1) is 0 Å². The van der Waals surface area contributed by atoms with Crippen LogP contribution in [-0.2, 0) is 19.7 Å². The fourth-order valence-electron chi connectivity index (χ4n) is 2.51. The van der Waals surface area contributed by atoms with Gasteiger partial charge in [-0.3, -0.25) is 10.1 Å². The summed E-state index contributed by atoms with van der Waals surface area (Å²) in [7, 11) is 0. The molecule has 1 fully saturated rings. The number of hydrogen-bond donors (Lipinski definition) is 2. The largest absolute Gasteiger partial charge is 0.481 e. The lowest BCUT2D eigenvalue weighted by molar-refractivity contribution is -0.147. The Labute approximate surface area is 128 Å². The van der Waals surface area contributed by atoms with Crippen molar-refractivity contribution in [1.29, 1.82) is 0 Å². The van der Waals surface area contributed by atoms with Crippen molar-refractivity contribution in [3.63, 3.8) is 0 Å². The fourth-order valence-corrected chi connectivity index (χ4v) is 2.51. The number of amides is 1. The van der Waals surface area contributed by atoms with E-state index in [1.54, 1.807) is 24.3 Å². The Bertz CT molecular complexity index is 546. The van der Waals surface area contributed by atoms with Crippen LogP contribution < -0.4 is 5.32 Å². The predicted octanol–water partition coefficient (Wildman–Crippen LogP) is 2.55. The average molecular weight is 305 g/mol. The van der Waals surface area contributed by atoms with Crippen LogP contribution in [0.2, 0.25) is 0 Å². The predicted molar refractivity (Wildman–Crippen MR) is 81.0 cm³/mol. The zero-order chi connectivity index (χ0) is 16.0. The minimum atomic E-state index is -0.917. The van der Waals surface area contributed by atoms with Gasteiger partial charge < -0.3 is 14.6 Å². The van der Waals surface area contributed by atoms with E-state index < -0.39 is 17.5 Å². The molecule has 0 radical (unpaired) electrons. The lowest BCUT2D eigenvalue weighted by Crippen LogP contribution is -2.41. The van der Waals surface area contributed by atoms with E-state index in [0.717, 1.165) is 0 Å². The van der Waals surface area contributed by atoms with Crippen molar-refractivity contribution in [2.75, 3.05) is 25.1 Å². The number of carbonyl (C=O) groups is 2. The maximum atomic E-state index is 11.7. The zero-order valence-corrected chi connectivity index (χ0v) is 12.2. The van der Waals surface area contributed by atoms with Gasteiger partial charge in [0.25, 0.3) is 0 Å². The number of anilines is 1. The van der Waals surface area contributed by atoms with Gasteiger partial charge in [-0.1, -0.05) is 24.8 Å². The van der Waals surface area contributed by atoms with E-state index >= 15 is 0 Å². The third kappa shape index (κ3) is 3.46. The Morgan fingerprint density at radius 1 is 1.32 bits per heavy atom. The molecule has 6 heteroatoms. The number of nitrogens with one attached hydrogen (secondary N) is 1. The van der Waals surface area contributed by atoms with E-state index in [9.17, 15) is 14.7 Å². The van der Waals surface area contributed by atoms with Crippen LogP contribution in [0, 0.1) is 0 Å². The standard InChI is InChI=1S/C16H19NO5/c1-2-9-22-15(20)17-13-5-3-12(4-6-13)16(14(18)19)7-10-21-11-8-16/h2-6H,1,7-11H2,(H,17,20)(H,18,19). The van der Waals surface area contributed by atoms with Gasteiger partial charge in [0.2, 0.25) is 0 Å². The van der Waals surface area contributed by atoms with Crippen LogP contribution in [0.25, 0.3) is 0 Å². The molecule has 1 aromatic rings. The number of ether oxygens (including phenoxy) is 2. The number of aliphatic carboxylic acids is 1. The molecule has 1 aliphatic heterocycles. The van der Waals surface area contributed by atoms with Crippen molar-refractivity contribution in [2.45, 2.75) is 18.3 Å². The average Bonchev–Trinajstić information content (AvgIpc) is 2.54. The van der Waals surface area contributed by atoms with Gasteiger partial charge in [0, 0.05) is 18.9 Å². The molecule has 0 unspecified atom stereocenters. The molecule has 1 aliphatic rings. The highest BCUT2D eigenvalue weighted by Gasteiger charge is 2.41. The monoisotopic (exact) mass is 305 g/mol. The molecule has 6 nitrogen and oxygen atoms in total. The fraction of sp³-hybridized carbons (Fsp3) is 0.375. The summed E-state index contributed by atoms with van der Waals surface area (Å²) in [6.45, 7) is 4.45. The van der Waals surface area contributed by atoms with Crippen molar-refractivity contribution in [1.82, 2.24) is 0 Å². The summed E-state index contributed by atoms with van der Waals surface area (Å²) in [6.07, 6.45) is 1.78. The first kappa shape index (κ1) is 16.0. The Kier molecular flexibility index (Phi) is 5.16. The number of carboxylic acids is 1. The van der Waals surface area contributed by atoms with Crippen molar-refractivity contribution in [3.8, 4) is 0 Å². The van der Waals surface area contributed by atoms with Gasteiger partial charge in [-0.25, -0.2) is 4.79 Å². The Balaban J connectivity index is 2.11. The molecular weight excluding hydrogens is 286 g/mol. The summed E-state index contributed by atoms with van der Waals surface area (Å²) < 4.78 is 10.1. The highest BCUT2D eigenvalue weighted by Crippen LogP contribution is 2.35. The summed E-state index contributed by atoms with van der Waals surface area (Å²) in [5.41, 5.74) is 0.346.